The van der Waals surface area contributed by atoms with E-state index in [1.807, 2.05) is 60.7 Å². The fraction of sp³-hybridized carbons (Fsp3) is 0.0870. The number of nitrogens with zero attached hydrogens (tertiary/aromatic N) is 1. The van der Waals surface area contributed by atoms with Crippen LogP contribution in [0.25, 0.3) is 0 Å². The molecule has 0 aliphatic carbocycles. The summed E-state index contributed by atoms with van der Waals surface area (Å²) >= 11 is 5.83. The Morgan fingerprint density at radius 1 is 0.862 bits per heavy atom. The summed E-state index contributed by atoms with van der Waals surface area (Å²) in [6.07, 6.45) is 1.51. The van der Waals surface area contributed by atoms with Gasteiger partial charge in [0.2, 0.25) is 5.91 Å². The minimum Gasteiger partial charge on any atom is -0.346 e. The molecule has 0 spiro atoms. The molecule has 0 atom stereocenters. The highest BCUT2D eigenvalue weighted by molar-refractivity contribution is 6.30. The number of amides is 2. The molecule has 0 heterocycles. The molecule has 0 radical (unpaired) electrons. The lowest BCUT2D eigenvalue weighted by Crippen LogP contribution is -2.37. The number of rotatable bonds is 7. The van der Waals surface area contributed by atoms with Gasteiger partial charge in [0.1, 0.15) is 0 Å². The van der Waals surface area contributed by atoms with Crippen LogP contribution in [0.15, 0.2) is 90.0 Å². The van der Waals surface area contributed by atoms with E-state index in [1.165, 1.54) is 6.21 Å². The smallest absolute Gasteiger partial charge is 0.259 e. The zero-order valence-electron chi connectivity index (χ0n) is 15.6. The van der Waals surface area contributed by atoms with Gasteiger partial charge in [-0.1, -0.05) is 84.4 Å². The number of halogens is 1. The van der Waals surface area contributed by atoms with Crippen LogP contribution in [-0.4, -0.2) is 24.6 Å². The molecule has 0 aliphatic heterocycles. The quantitative estimate of drug-likeness (QED) is 0.464. The third kappa shape index (κ3) is 6.02. The van der Waals surface area contributed by atoms with Crippen LogP contribution in [0.5, 0.6) is 0 Å². The van der Waals surface area contributed by atoms with Gasteiger partial charge in [-0.2, -0.15) is 5.10 Å². The molecule has 0 bridgehead atoms. The minimum atomic E-state index is -0.497. The molecule has 0 saturated heterocycles. The van der Waals surface area contributed by atoms with Gasteiger partial charge in [-0.15, -0.1) is 0 Å². The van der Waals surface area contributed by atoms with Gasteiger partial charge in [0.15, 0.2) is 0 Å². The highest BCUT2D eigenvalue weighted by Gasteiger charge is 2.22. The van der Waals surface area contributed by atoms with E-state index in [4.69, 9.17) is 11.6 Å². The zero-order valence-corrected chi connectivity index (χ0v) is 16.3. The predicted octanol–water partition coefficient (Wildman–Crippen LogP) is 3.74. The second-order valence-corrected chi connectivity index (χ2v) is 6.75. The molecular weight excluding hydrogens is 386 g/mol. The topological polar surface area (TPSA) is 70.6 Å². The van der Waals surface area contributed by atoms with Crippen molar-refractivity contribution in [3.8, 4) is 0 Å². The van der Waals surface area contributed by atoms with Gasteiger partial charge in [-0.25, -0.2) is 5.43 Å². The number of carbonyl (C=O) groups excluding carboxylic acids is 2. The van der Waals surface area contributed by atoms with Crippen molar-refractivity contribution in [1.29, 1.82) is 0 Å². The maximum Gasteiger partial charge on any atom is 0.259 e. The third-order valence-electron chi connectivity index (χ3n) is 4.22. The van der Waals surface area contributed by atoms with Crippen molar-refractivity contribution in [3.63, 3.8) is 0 Å². The first-order valence-electron chi connectivity index (χ1n) is 9.08. The Hall–Kier alpha value is -3.44. The maximum atomic E-state index is 12.8. The summed E-state index contributed by atoms with van der Waals surface area (Å²) in [6, 6.07) is 26.0. The van der Waals surface area contributed by atoms with Crippen LogP contribution < -0.4 is 10.7 Å². The SMILES string of the molecule is O=C(CNC(=O)C(c1ccccc1)c1ccccc1)N/N=C/c1ccc(Cl)cc1. The zero-order chi connectivity index (χ0) is 20.5. The van der Waals surface area contributed by atoms with Gasteiger partial charge >= 0.3 is 0 Å². The lowest BCUT2D eigenvalue weighted by molar-refractivity contribution is -0.126. The number of nitrogens with one attached hydrogen (secondary N) is 2. The summed E-state index contributed by atoms with van der Waals surface area (Å²) in [5, 5.41) is 7.21. The molecule has 0 unspecified atom stereocenters. The van der Waals surface area contributed by atoms with Gasteiger partial charge in [0.05, 0.1) is 18.7 Å². The molecule has 3 aromatic carbocycles. The first-order valence-corrected chi connectivity index (χ1v) is 9.46. The van der Waals surface area contributed by atoms with Crippen molar-refractivity contribution in [2.24, 2.45) is 5.10 Å². The molecule has 0 saturated carbocycles. The van der Waals surface area contributed by atoms with Gasteiger partial charge in [0.25, 0.3) is 5.91 Å². The first-order chi connectivity index (χ1) is 14.1. The summed E-state index contributed by atoms with van der Waals surface area (Å²) in [4.78, 5) is 24.9. The van der Waals surface area contributed by atoms with Crippen molar-refractivity contribution < 1.29 is 9.59 Å². The van der Waals surface area contributed by atoms with Crippen LogP contribution in [0, 0.1) is 0 Å². The van der Waals surface area contributed by atoms with E-state index in [0.717, 1.165) is 16.7 Å². The van der Waals surface area contributed by atoms with Crippen LogP contribution in [0.3, 0.4) is 0 Å². The van der Waals surface area contributed by atoms with Crippen molar-refractivity contribution in [3.05, 3.63) is 107 Å². The molecule has 0 aromatic heterocycles. The molecular formula is C23H20ClN3O2. The molecule has 6 heteroatoms. The van der Waals surface area contributed by atoms with Gasteiger partial charge in [0, 0.05) is 5.02 Å². The number of hydrogen-bond acceptors (Lipinski definition) is 3. The van der Waals surface area contributed by atoms with Gasteiger partial charge in [-0.3, -0.25) is 9.59 Å². The molecule has 0 aliphatic rings. The Bertz CT molecular complexity index is 935. The van der Waals surface area contributed by atoms with E-state index < -0.39 is 11.8 Å². The molecule has 29 heavy (non-hydrogen) atoms. The van der Waals surface area contributed by atoms with Crippen molar-refractivity contribution >= 4 is 29.6 Å². The van der Waals surface area contributed by atoms with Crippen LogP contribution >= 0.6 is 11.6 Å². The summed E-state index contributed by atoms with van der Waals surface area (Å²) in [6.45, 7) is -0.174. The van der Waals surface area contributed by atoms with E-state index in [9.17, 15) is 9.59 Å². The molecule has 146 valence electrons. The molecule has 3 aromatic rings. The molecule has 3 rings (SSSR count). The minimum absolute atomic E-state index is 0.174. The maximum absolute atomic E-state index is 12.8. The average Bonchev–Trinajstić information content (AvgIpc) is 2.75. The van der Waals surface area contributed by atoms with E-state index in [1.54, 1.807) is 24.3 Å². The Morgan fingerprint density at radius 2 is 1.41 bits per heavy atom. The van der Waals surface area contributed by atoms with Gasteiger partial charge in [-0.05, 0) is 28.8 Å². The Morgan fingerprint density at radius 3 is 1.97 bits per heavy atom. The van der Waals surface area contributed by atoms with Gasteiger partial charge < -0.3 is 5.32 Å². The third-order valence-corrected chi connectivity index (χ3v) is 4.48. The largest absolute Gasteiger partial charge is 0.346 e. The second-order valence-electron chi connectivity index (χ2n) is 6.32. The number of hydrazone groups is 1. The molecule has 0 fully saturated rings. The Kier molecular flexibility index (Phi) is 7.14. The van der Waals surface area contributed by atoms with Crippen LogP contribution in [0.1, 0.15) is 22.6 Å². The number of carbonyl (C=O) groups is 2. The van der Waals surface area contributed by atoms with E-state index in [2.05, 4.69) is 15.8 Å². The lowest BCUT2D eigenvalue weighted by atomic mass is 9.90. The van der Waals surface area contributed by atoms with E-state index in [0.29, 0.717) is 5.02 Å². The molecule has 2 N–H and O–H groups in total. The van der Waals surface area contributed by atoms with Crippen LogP contribution in [0.2, 0.25) is 5.02 Å². The Labute approximate surface area is 174 Å². The summed E-state index contributed by atoms with van der Waals surface area (Å²) < 4.78 is 0. The standard InChI is InChI=1S/C23H20ClN3O2/c24-20-13-11-17(12-14-20)15-26-27-21(28)16-25-23(29)22(18-7-3-1-4-8-18)19-9-5-2-6-10-19/h1-15,22H,16H2,(H,25,29)(H,27,28)/b26-15+. The first kappa shape index (κ1) is 20.3. The highest BCUT2D eigenvalue weighted by Crippen LogP contribution is 2.24. The van der Waals surface area contributed by atoms with Crippen LogP contribution in [0.4, 0.5) is 0 Å². The molecule has 5 nitrogen and oxygen atoms in total. The Balaban J connectivity index is 1.60. The van der Waals surface area contributed by atoms with Crippen LogP contribution in [-0.2, 0) is 9.59 Å². The summed E-state index contributed by atoms with van der Waals surface area (Å²) in [7, 11) is 0. The average molecular weight is 406 g/mol. The fourth-order valence-electron chi connectivity index (χ4n) is 2.82. The summed E-state index contributed by atoms with van der Waals surface area (Å²) in [5.41, 5.74) is 4.92. The highest BCUT2D eigenvalue weighted by atomic mass is 35.5. The lowest BCUT2D eigenvalue weighted by Gasteiger charge is -2.17. The second kappa shape index (κ2) is 10.2. The molecule has 2 amide bonds. The van der Waals surface area contributed by atoms with E-state index in [-0.39, 0.29) is 12.5 Å². The fourth-order valence-corrected chi connectivity index (χ4v) is 2.95. The van der Waals surface area contributed by atoms with Crippen molar-refractivity contribution in [1.82, 2.24) is 10.7 Å². The summed E-state index contributed by atoms with van der Waals surface area (Å²) in [5.74, 6) is -1.16. The van der Waals surface area contributed by atoms with Crippen molar-refractivity contribution in [2.75, 3.05) is 6.54 Å². The van der Waals surface area contributed by atoms with Crippen molar-refractivity contribution in [2.45, 2.75) is 5.92 Å². The normalized spacial score (nSPS) is 10.8. The monoisotopic (exact) mass is 405 g/mol. The van der Waals surface area contributed by atoms with E-state index >= 15 is 0 Å². The number of benzene rings is 3. The predicted molar refractivity (Wildman–Crippen MR) is 115 cm³/mol. The number of hydrogen-bond donors (Lipinski definition) is 2.